The summed E-state index contributed by atoms with van der Waals surface area (Å²) < 4.78 is 14.3. The van der Waals surface area contributed by atoms with Crippen molar-refractivity contribution in [1.29, 1.82) is 0 Å². The maximum Gasteiger partial charge on any atom is 0.223 e. The smallest absolute Gasteiger partial charge is 0.223 e. The summed E-state index contributed by atoms with van der Waals surface area (Å²) in [4.78, 5) is 20.5. The van der Waals surface area contributed by atoms with Crippen LogP contribution in [0.3, 0.4) is 0 Å². The first-order valence-electron chi connectivity index (χ1n) is 11.4. The van der Waals surface area contributed by atoms with Crippen molar-refractivity contribution in [3.8, 4) is 0 Å². The number of amides is 1. The molecule has 1 aliphatic carbocycles. The molecule has 1 amide bonds. The molecule has 0 spiro atoms. The first-order valence-corrected chi connectivity index (χ1v) is 11.4. The Morgan fingerprint density at radius 2 is 1.87 bits per heavy atom. The highest BCUT2D eigenvalue weighted by molar-refractivity contribution is 6.01. The molecule has 1 aliphatic heterocycles. The fourth-order valence-corrected chi connectivity index (χ4v) is 4.56. The minimum absolute atomic E-state index is 0.0718. The second-order valence-electron chi connectivity index (χ2n) is 8.89. The largest absolute Gasteiger partial charge is 0.390 e. The van der Waals surface area contributed by atoms with Crippen molar-refractivity contribution in [2.45, 2.75) is 64.5 Å². The van der Waals surface area contributed by atoms with Crippen LogP contribution in [0.1, 0.15) is 61.6 Å². The Kier molecular flexibility index (Phi) is 7.00. The molecule has 31 heavy (non-hydrogen) atoms. The second kappa shape index (κ2) is 10.1. The van der Waals surface area contributed by atoms with Gasteiger partial charge < -0.3 is 9.74 Å². The molecule has 4 rings (SSSR count). The van der Waals surface area contributed by atoms with Gasteiger partial charge in [0.15, 0.2) is 6.10 Å². The maximum atomic E-state index is 14.3. The van der Waals surface area contributed by atoms with Gasteiger partial charge in [-0.25, -0.2) is 4.39 Å². The predicted octanol–water partition coefficient (Wildman–Crippen LogP) is 5.63. The molecule has 2 aromatic carbocycles. The van der Waals surface area contributed by atoms with Crippen LogP contribution in [-0.2, 0) is 16.2 Å². The van der Waals surface area contributed by atoms with Crippen molar-refractivity contribution in [3.05, 3.63) is 71.0 Å². The first-order chi connectivity index (χ1) is 15.1. The Morgan fingerprint density at radius 3 is 2.61 bits per heavy atom. The average molecular weight is 423 g/mol. The van der Waals surface area contributed by atoms with Gasteiger partial charge in [0.25, 0.3) is 0 Å². The van der Waals surface area contributed by atoms with E-state index in [1.54, 1.807) is 17.0 Å². The first kappa shape index (κ1) is 21.5. The lowest BCUT2D eigenvalue weighted by Gasteiger charge is -2.26. The zero-order valence-corrected chi connectivity index (χ0v) is 18.2. The van der Waals surface area contributed by atoms with Gasteiger partial charge in [0, 0.05) is 24.9 Å². The molecule has 1 fully saturated rings. The van der Waals surface area contributed by atoms with E-state index in [9.17, 15) is 9.18 Å². The van der Waals surface area contributed by atoms with Gasteiger partial charge in [-0.15, -0.1) is 0 Å². The Hall–Kier alpha value is -2.69. The summed E-state index contributed by atoms with van der Waals surface area (Å²) in [6, 6.07) is 14.9. The fraction of sp³-hybridized carbons (Fsp3) is 0.462. The number of hydrogen-bond donors (Lipinski definition) is 0. The van der Waals surface area contributed by atoms with Crippen molar-refractivity contribution in [2.75, 3.05) is 6.54 Å². The highest BCUT2D eigenvalue weighted by Gasteiger charge is 2.28. The van der Waals surface area contributed by atoms with Crippen LogP contribution in [-0.4, -0.2) is 29.2 Å². The van der Waals surface area contributed by atoms with Crippen LogP contribution in [0.2, 0.25) is 0 Å². The van der Waals surface area contributed by atoms with Gasteiger partial charge in [-0.05, 0) is 30.9 Å². The number of nitrogens with zero attached hydrogens (tertiary/aromatic N) is 2. The van der Waals surface area contributed by atoms with Crippen LogP contribution in [0.5, 0.6) is 0 Å². The van der Waals surface area contributed by atoms with Gasteiger partial charge in [0.1, 0.15) is 5.82 Å². The lowest BCUT2D eigenvalue weighted by atomic mass is 10.0. The van der Waals surface area contributed by atoms with Gasteiger partial charge in [0.2, 0.25) is 5.91 Å². The third kappa shape index (κ3) is 5.72. The lowest BCUT2D eigenvalue weighted by molar-refractivity contribution is -0.134. The van der Waals surface area contributed by atoms with Gasteiger partial charge in [-0.1, -0.05) is 78.9 Å². The number of carbonyl (C=O) groups excluding carboxylic acids is 1. The van der Waals surface area contributed by atoms with Gasteiger partial charge in [0.05, 0.1) is 12.3 Å². The van der Waals surface area contributed by atoms with Gasteiger partial charge >= 0.3 is 0 Å². The number of halogens is 1. The minimum atomic E-state index is -0.278. The summed E-state index contributed by atoms with van der Waals surface area (Å²) in [7, 11) is 0. The topological polar surface area (TPSA) is 41.9 Å². The van der Waals surface area contributed by atoms with Crippen LogP contribution in [0.4, 0.5) is 4.39 Å². The zero-order chi connectivity index (χ0) is 21.6. The number of rotatable bonds is 8. The third-order valence-corrected chi connectivity index (χ3v) is 6.45. The number of benzene rings is 2. The Bertz CT molecular complexity index is 919. The quantitative estimate of drug-likeness (QED) is 0.554. The Balaban J connectivity index is 1.40. The molecule has 5 heteroatoms. The van der Waals surface area contributed by atoms with E-state index in [-0.39, 0.29) is 24.4 Å². The summed E-state index contributed by atoms with van der Waals surface area (Å²) in [6.45, 7) is 2.73. The normalized spacial score (nSPS) is 18.6. The predicted molar refractivity (Wildman–Crippen MR) is 120 cm³/mol. The summed E-state index contributed by atoms with van der Waals surface area (Å²) in [6.07, 6.45) is 6.85. The van der Waals surface area contributed by atoms with E-state index in [1.807, 2.05) is 18.2 Å². The molecular weight excluding hydrogens is 391 g/mol. The minimum Gasteiger partial charge on any atom is -0.390 e. The van der Waals surface area contributed by atoms with Crippen LogP contribution >= 0.6 is 0 Å². The fourth-order valence-electron chi connectivity index (χ4n) is 4.56. The van der Waals surface area contributed by atoms with E-state index in [1.165, 1.54) is 37.3 Å². The van der Waals surface area contributed by atoms with E-state index in [4.69, 9.17) is 4.84 Å². The van der Waals surface area contributed by atoms with Crippen molar-refractivity contribution in [3.63, 3.8) is 0 Å². The van der Waals surface area contributed by atoms with E-state index in [0.29, 0.717) is 30.9 Å². The van der Waals surface area contributed by atoms with E-state index >= 15 is 0 Å². The molecule has 0 saturated heterocycles. The molecule has 1 heterocycles. The number of hydrogen-bond acceptors (Lipinski definition) is 3. The van der Waals surface area contributed by atoms with Crippen molar-refractivity contribution < 1.29 is 14.0 Å². The summed E-state index contributed by atoms with van der Waals surface area (Å²) in [5.41, 5.74) is 3.67. The second-order valence-corrected chi connectivity index (χ2v) is 8.89. The molecule has 1 atom stereocenters. The van der Waals surface area contributed by atoms with E-state index < -0.39 is 0 Å². The van der Waals surface area contributed by atoms with Crippen LogP contribution in [0, 0.1) is 18.7 Å². The van der Waals surface area contributed by atoms with Crippen LogP contribution in [0.25, 0.3) is 0 Å². The van der Waals surface area contributed by atoms with E-state index in [0.717, 1.165) is 17.7 Å². The zero-order valence-electron chi connectivity index (χ0n) is 18.2. The molecule has 164 valence electrons. The summed E-state index contributed by atoms with van der Waals surface area (Å²) >= 11 is 0. The van der Waals surface area contributed by atoms with Crippen molar-refractivity contribution in [2.24, 2.45) is 11.1 Å². The van der Waals surface area contributed by atoms with E-state index in [2.05, 4.69) is 24.2 Å². The number of oxime groups is 1. The standard InChI is InChI=1S/C26H31FN2O2/c1-19-10-13-21(14-11-19)25-16-23(31-28-25)18-29(17-22-8-4-5-9-24(22)27)26(30)15-12-20-6-2-3-7-20/h4-5,8-11,13-14,20,23H,2-3,6-7,12,15-18H2,1H3/t23-/m0/s1. The summed E-state index contributed by atoms with van der Waals surface area (Å²) in [5, 5.41) is 4.27. The molecule has 1 saturated carbocycles. The third-order valence-electron chi connectivity index (χ3n) is 6.45. The Labute approximate surface area is 184 Å². The number of carbonyl (C=O) groups is 1. The van der Waals surface area contributed by atoms with Crippen molar-refractivity contribution in [1.82, 2.24) is 4.90 Å². The Morgan fingerprint density at radius 1 is 1.13 bits per heavy atom. The molecule has 0 N–H and O–H groups in total. The van der Waals surface area contributed by atoms with Gasteiger partial charge in [-0.3, -0.25) is 4.79 Å². The molecule has 2 aromatic rings. The highest BCUT2D eigenvalue weighted by Crippen LogP contribution is 2.29. The van der Waals surface area contributed by atoms with Crippen molar-refractivity contribution >= 4 is 11.6 Å². The number of aryl methyl sites for hydroxylation is 1. The van der Waals surface area contributed by atoms with Gasteiger partial charge in [-0.2, -0.15) is 0 Å². The lowest BCUT2D eigenvalue weighted by Crippen LogP contribution is -2.37. The molecule has 0 bridgehead atoms. The monoisotopic (exact) mass is 422 g/mol. The van der Waals surface area contributed by atoms with Crippen LogP contribution in [0.15, 0.2) is 53.7 Å². The van der Waals surface area contributed by atoms with Crippen LogP contribution < -0.4 is 0 Å². The highest BCUT2D eigenvalue weighted by atomic mass is 19.1. The summed E-state index contributed by atoms with van der Waals surface area (Å²) in [5.74, 6) is 0.445. The molecule has 2 aliphatic rings. The average Bonchev–Trinajstić information content (AvgIpc) is 3.46. The molecule has 0 aromatic heterocycles. The molecule has 0 unspecified atom stereocenters. The molecular formula is C26H31FN2O2. The SMILES string of the molecule is Cc1ccc(C2=NO[C@H](CN(Cc3ccccc3F)C(=O)CCC3CCCC3)C2)cc1. The maximum absolute atomic E-state index is 14.3. The molecule has 0 radical (unpaired) electrons. The molecule has 4 nitrogen and oxygen atoms in total.